The van der Waals surface area contributed by atoms with Crippen LogP contribution in [-0.4, -0.2) is 0 Å². The average molecular weight is 170 g/mol. The van der Waals surface area contributed by atoms with E-state index < -0.39 is 0 Å². The molecule has 0 bridgehead atoms. The number of benzene rings is 1. The van der Waals surface area contributed by atoms with Crippen molar-refractivity contribution in [2.24, 2.45) is 0 Å². The van der Waals surface area contributed by atoms with Crippen LogP contribution in [0.5, 0.6) is 0 Å². The van der Waals surface area contributed by atoms with Crippen molar-refractivity contribution in [2.45, 2.75) is 6.92 Å². The summed E-state index contributed by atoms with van der Waals surface area (Å²) in [5.74, 6) is 0. The highest BCUT2D eigenvalue weighted by Gasteiger charge is 1.92. The van der Waals surface area contributed by atoms with Crippen molar-refractivity contribution in [1.29, 1.82) is 0 Å². The van der Waals surface area contributed by atoms with Gasteiger partial charge in [0.1, 0.15) is 0 Å². The summed E-state index contributed by atoms with van der Waals surface area (Å²) in [6.07, 6.45) is 7.88. The smallest absolute Gasteiger partial charge is 0.0187 e. The fraction of sp³-hybridized carbons (Fsp3) is 0.0769. The molecular formula is C13H14. The molecule has 0 heteroatoms. The third kappa shape index (κ3) is 2.75. The first-order valence-electron chi connectivity index (χ1n) is 4.39. The molecule has 0 unspecified atom stereocenters. The van der Waals surface area contributed by atoms with Crippen LogP contribution in [0.1, 0.15) is 12.5 Å². The number of rotatable bonds is 3. The van der Waals surface area contributed by atoms with Crippen LogP contribution in [0.15, 0.2) is 61.2 Å². The molecule has 0 aliphatic carbocycles. The second kappa shape index (κ2) is 5.15. The van der Waals surface area contributed by atoms with Gasteiger partial charge in [0.05, 0.1) is 0 Å². The molecule has 66 valence electrons. The second-order valence-corrected chi connectivity index (χ2v) is 2.70. The van der Waals surface area contributed by atoms with Gasteiger partial charge >= 0.3 is 0 Å². The topological polar surface area (TPSA) is 0 Å². The standard InChI is InChI=1S/C13H14/c1-3-5-9-12(4-2)13-10-7-6-8-11-13/h3-11H,1H2,2H3. The highest BCUT2D eigenvalue weighted by atomic mass is 14.0. The van der Waals surface area contributed by atoms with Crippen LogP contribution in [0.3, 0.4) is 0 Å². The molecule has 0 saturated heterocycles. The molecule has 0 aliphatic heterocycles. The summed E-state index contributed by atoms with van der Waals surface area (Å²) < 4.78 is 0. The molecule has 13 heavy (non-hydrogen) atoms. The Bertz CT molecular complexity index is 315. The molecule has 0 N–H and O–H groups in total. The largest absolute Gasteiger partial charge is 0.0991 e. The van der Waals surface area contributed by atoms with E-state index in [-0.39, 0.29) is 0 Å². The predicted octanol–water partition coefficient (Wildman–Crippen LogP) is 3.83. The highest BCUT2D eigenvalue weighted by Crippen LogP contribution is 2.14. The zero-order valence-corrected chi connectivity index (χ0v) is 7.90. The first kappa shape index (κ1) is 9.53. The maximum Gasteiger partial charge on any atom is -0.0187 e. The minimum Gasteiger partial charge on any atom is -0.0991 e. The minimum absolute atomic E-state index is 1.22. The van der Waals surface area contributed by atoms with Gasteiger partial charge in [-0.25, -0.2) is 0 Å². The van der Waals surface area contributed by atoms with Crippen LogP contribution in [0.4, 0.5) is 0 Å². The lowest BCUT2D eigenvalue weighted by Gasteiger charge is -1.99. The average Bonchev–Trinajstić information content (AvgIpc) is 2.21. The fourth-order valence-corrected chi connectivity index (χ4v) is 1.16. The Kier molecular flexibility index (Phi) is 3.77. The summed E-state index contributed by atoms with van der Waals surface area (Å²) in [5.41, 5.74) is 2.46. The molecule has 0 fully saturated rings. The SMILES string of the molecule is C=CC=CC(=CC)c1ccccc1. The molecular weight excluding hydrogens is 156 g/mol. The van der Waals surface area contributed by atoms with E-state index >= 15 is 0 Å². The van der Waals surface area contributed by atoms with Gasteiger partial charge in [-0.15, -0.1) is 0 Å². The predicted molar refractivity (Wildman–Crippen MR) is 59.4 cm³/mol. The van der Waals surface area contributed by atoms with E-state index in [4.69, 9.17) is 0 Å². The van der Waals surface area contributed by atoms with Crippen molar-refractivity contribution in [1.82, 2.24) is 0 Å². The molecule has 0 amide bonds. The Morgan fingerprint density at radius 1 is 1.23 bits per heavy atom. The fourth-order valence-electron chi connectivity index (χ4n) is 1.16. The van der Waals surface area contributed by atoms with E-state index in [1.54, 1.807) is 6.08 Å². The number of hydrogen-bond donors (Lipinski definition) is 0. The molecule has 0 nitrogen and oxygen atoms in total. The van der Waals surface area contributed by atoms with Crippen LogP contribution in [-0.2, 0) is 0 Å². The van der Waals surface area contributed by atoms with Crippen molar-refractivity contribution in [3.8, 4) is 0 Å². The van der Waals surface area contributed by atoms with Gasteiger partial charge < -0.3 is 0 Å². The van der Waals surface area contributed by atoms with Crippen molar-refractivity contribution in [2.75, 3.05) is 0 Å². The first-order valence-corrected chi connectivity index (χ1v) is 4.39. The molecule has 0 spiro atoms. The number of hydrogen-bond acceptors (Lipinski definition) is 0. The second-order valence-electron chi connectivity index (χ2n) is 2.70. The summed E-state index contributed by atoms with van der Waals surface area (Å²) in [6.45, 7) is 5.68. The Morgan fingerprint density at radius 2 is 1.92 bits per heavy atom. The lowest BCUT2D eigenvalue weighted by Crippen LogP contribution is -1.77. The van der Waals surface area contributed by atoms with Gasteiger partial charge in [0.25, 0.3) is 0 Å². The maximum absolute atomic E-state index is 3.65. The normalized spacial score (nSPS) is 11.9. The quantitative estimate of drug-likeness (QED) is 0.605. The van der Waals surface area contributed by atoms with E-state index in [1.165, 1.54) is 11.1 Å². The van der Waals surface area contributed by atoms with Crippen molar-refractivity contribution in [3.05, 3.63) is 66.8 Å². The van der Waals surface area contributed by atoms with E-state index in [0.717, 1.165) is 0 Å². The summed E-state index contributed by atoms with van der Waals surface area (Å²) in [4.78, 5) is 0. The molecule has 0 atom stereocenters. The molecule has 0 heterocycles. The van der Waals surface area contributed by atoms with Gasteiger partial charge in [-0.3, -0.25) is 0 Å². The first-order chi connectivity index (χ1) is 6.38. The lowest BCUT2D eigenvalue weighted by atomic mass is 10.1. The van der Waals surface area contributed by atoms with Crippen LogP contribution in [0, 0.1) is 0 Å². The van der Waals surface area contributed by atoms with E-state index in [2.05, 4.69) is 30.9 Å². The zero-order chi connectivity index (χ0) is 9.52. The zero-order valence-electron chi connectivity index (χ0n) is 7.90. The van der Waals surface area contributed by atoms with Gasteiger partial charge in [0.2, 0.25) is 0 Å². The Morgan fingerprint density at radius 3 is 2.46 bits per heavy atom. The van der Waals surface area contributed by atoms with Crippen molar-refractivity contribution in [3.63, 3.8) is 0 Å². The van der Waals surface area contributed by atoms with Crippen LogP contribution in [0.25, 0.3) is 5.57 Å². The van der Waals surface area contributed by atoms with Crippen LogP contribution >= 0.6 is 0 Å². The van der Waals surface area contributed by atoms with Gasteiger partial charge in [-0.1, -0.05) is 61.2 Å². The summed E-state index contributed by atoms with van der Waals surface area (Å²) in [6, 6.07) is 10.3. The van der Waals surface area contributed by atoms with Crippen molar-refractivity contribution < 1.29 is 0 Å². The third-order valence-corrected chi connectivity index (χ3v) is 1.83. The molecule has 0 radical (unpaired) electrons. The van der Waals surface area contributed by atoms with E-state index in [0.29, 0.717) is 0 Å². The van der Waals surface area contributed by atoms with E-state index in [9.17, 15) is 0 Å². The van der Waals surface area contributed by atoms with Gasteiger partial charge in [0, 0.05) is 0 Å². The summed E-state index contributed by atoms with van der Waals surface area (Å²) >= 11 is 0. The molecule has 0 saturated carbocycles. The number of allylic oxidation sites excluding steroid dienone is 5. The minimum atomic E-state index is 1.22. The van der Waals surface area contributed by atoms with Crippen LogP contribution < -0.4 is 0 Å². The highest BCUT2D eigenvalue weighted by molar-refractivity contribution is 5.73. The maximum atomic E-state index is 3.65. The van der Waals surface area contributed by atoms with Gasteiger partial charge in [-0.05, 0) is 18.1 Å². The molecule has 0 aliphatic rings. The van der Waals surface area contributed by atoms with Gasteiger partial charge in [-0.2, -0.15) is 0 Å². The molecule has 1 rings (SSSR count). The third-order valence-electron chi connectivity index (χ3n) is 1.83. The lowest BCUT2D eigenvalue weighted by molar-refractivity contribution is 1.59. The van der Waals surface area contributed by atoms with E-state index in [1.807, 2.05) is 31.2 Å². The molecule has 1 aromatic rings. The Balaban J connectivity index is 2.92. The monoisotopic (exact) mass is 170 g/mol. The molecule has 1 aromatic carbocycles. The Labute approximate surface area is 79.9 Å². The van der Waals surface area contributed by atoms with Gasteiger partial charge in [0.15, 0.2) is 0 Å². The summed E-state index contributed by atoms with van der Waals surface area (Å²) in [5, 5.41) is 0. The van der Waals surface area contributed by atoms with Crippen LogP contribution in [0.2, 0.25) is 0 Å². The molecule has 0 aromatic heterocycles. The van der Waals surface area contributed by atoms with Crippen molar-refractivity contribution >= 4 is 5.57 Å². The summed E-state index contributed by atoms with van der Waals surface area (Å²) in [7, 11) is 0. The Hall–Kier alpha value is -1.56.